The number of hydrogen-bond acceptors (Lipinski definition) is 3. The molecule has 1 aromatic carbocycles. The van der Waals surface area contributed by atoms with Crippen LogP contribution in [0.3, 0.4) is 0 Å². The van der Waals surface area contributed by atoms with E-state index < -0.39 is 0 Å². The zero-order valence-corrected chi connectivity index (χ0v) is 18.2. The van der Waals surface area contributed by atoms with Crippen LogP contribution in [0, 0.1) is 27.7 Å². The summed E-state index contributed by atoms with van der Waals surface area (Å²) >= 11 is 0. The van der Waals surface area contributed by atoms with Crippen molar-refractivity contribution in [1.82, 2.24) is 15.0 Å². The molecule has 0 aliphatic rings. The number of nitrogens with one attached hydrogen (secondary N) is 1. The third-order valence-electron chi connectivity index (χ3n) is 5.96. The highest BCUT2D eigenvalue weighted by molar-refractivity contribution is 6.10. The first-order valence-corrected chi connectivity index (χ1v) is 10.3. The predicted octanol–water partition coefficient (Wildman–Crippen LogP) is 6.15. The number of rotatable bonds is 5. The molecule has 4 heteroatoms. The molecule has 4 aromatic rings. The van der Waals surface area contributed by atoms with Crippen LogP contribution in [-0.2, 0) is 4.74 Å². The summed E-state index contributed by atoms with van der Waals surface area (Å²) < 4.78 is 5.52. The molecular formula is C25H29N3O. The van der Waals surface area contributed by atoms with Crippen molar-refractivity contribution in [3.63, 3.8) is 0 Å². The maximum Gasteiger partial charge on any atom is 0.0992 e. The number of H-pyrrole nitrogens is 1. The van der Waals surface area contributed by atoms with Gasteiger partial charge in [-0.1, -0.05) is 24.6 Å². The Morgan fingerprint density at radius 2 is 1.83 bits per heavy atom. The van der Waals surface area contributed by atoms with Crippen molar-refractivity contribution >= 4 is 21.8 Å². The second kappa shape index (κ2) is 7.60. The van der Waals surface area contributed by atoms with Crippen LogP contribution in [0.15, 0.2) is 30.6 Å². The van der Waals surface area contributed by atoms with Gasteiger partial charge in [0.1, 0.15) is 0 Å². The summed E-state index contributed by atoms with van der Waals surface area (Å²) in [5.41, 5.74) is 10.2. The van der Waals surface area contributed by atoms with Gasteiger partial charge in [0.05, 0.1) is 23.3 Å². The molecule has 29 heavy (non-hydrogen) atoms. The zero-order valence-electron chi connectivity index (χ0n) is 18.2. The average molecular weight is 388 g/mol. The minimum Gasteiger partial charge on any atom is -0.384 e. The Labute approximate surface area is 172 Å². The van der Waals surface area contributed by atoms with Crippen molar-refractivity contribution in [3.05, 3.63) is 58.5 Å². The van der Waals surface area contributed by atoms with E-state index in [1.54, 1.807) is 7.11 Å². The Morgan fingerprint density at radius 3 is 2.48 bits per heavy atom. The second-order valence-corrected chi connectivity index (χ2v) is 8.08. The highest BCUT2D eigenvalue weighted by Gasteiger charge is 2.22. The first kappa shape index (κ1) is 19.6. The second-order valence-electron chi connectivity index (χ2n) is 8.08. The van der Waals surface area contributed by atoms with Crippen molar-refractivity contribution < 1.29 is 4.74 Å². The number of ether oxygens (including phenoxy) is 1. The number of hydrogen-bond donors (Lipinski definition) is 1. The van der Waals surface area contributed by atoms with Crippen LogP contribution in [-0.4, -0.2) is 28.7 Å². The van der Waals surface area contributed by atoms with Gasteiger partial charge in [0.25, 0.3) is 0 Å². The van der Waals surface area contributed by atoms with Gasteiger partial charge in [-0.05, 0) is 56.9 Å². The lowest BCUT2D eigenvalue weighted by atomic mass is 9.90. The molecule has 3 heterocycles. The van der Waals surface area contributed by atoms with Gasteiger partial charge < -0.3 is 9.72 Å². The van der Waals surface area contributed by atoms with Gasteiger partial charge in [-0.2, -0.15) is 0 Å². The summed E-state index contributed by atoms with van der Waals surface area (Å²) in [5.74, 6) is 0.278. The summed E-state index contributed by atoms with van der Waals surface area (Å²) in [6.45, 7) is 11.4. The van der Waals surface area contributed by atoms with Crippen molar-refractivity contribution in [3.8, 4) is 11.3 Å². The van der Waals surface area contributed by atoms with Gasteiger partial charge >= 0.3 is 0 Å². The van der Waals surface area contributed by atoms with Crippen LogP contribution >= 0.6 is 0 Å². The molecule has 0 spiro atoms. The fourth-order valence-electron chi connectivity index (χ4n) is 4.67. The molecule has 4 nitrogen and oxygen atoms in total. The van der Waals surface area contributed by atoms with Crippen LogP contribution in [0.25, 0.3) is 33.1 Å². The highest BCUT2D eigenvalue weighted by Crippen LogP contribution is 2.38. The minimum absolute atomic E-state index is 0.278. The van der Waals surface area contributed by atoms with E-state index >= 15 is 0 Å². The number of benzene rings is 1. The number of aromatic nitrogens is 3. The van der Waals surface area contributed by atoms with Crippen molar-refractivity contribution in [1.29, 1.82) is 0 Å². The lowest BCUT2D eigenvalue weighted by Crippen LogP contribution is -2.08. The maximum absolute atomic E-state index is 5.52. The molecule has 4 rings (SSSR count). The number of aryl methyl sites for hydroxylation is 4. The van der Waals surface area contributed by atoms with Crippen molar-refractivity contribution in [2.45, 2.75) is 47.0 Å². The largest absolute Gasteiger partial charge is 0.384 e. The standard InChI is InChI=1S/C25H29N3O/c1-7-18(13-29-6)20-12-27-24(21-15(3)10-14(2)11-16(21)4)25-22(20)23-19(8-9-26-23)17(5)28-25/h8-12,18,26H,7,13H2,1-6H3. The minimum atomic E-state index is 0.278. The quantitative estimate of drug-likeness (QED) is 0.447. The first-order chi connectivity index (χ1) is 14.0. The predicted molar refractivity (Wildman–Crippen MR) is 121 cm³/mol. The SMILES string of the molecule is CCC(COC)c1cnc(-c2c(C)cc(C)cc2C)c2nc(C)c3cc[nH]c3c12. The summed E-state index contributed by atoms with van der Waals surface area (Å²) in [4.78, 5) is 13.5. The summed E-state index contributed by atoms with van der Waals surface area (Å²) in [5, 5.41) is 2.34. The first-order valence-electron chi connectivity index (χ1n) is 10.3. The van der Waals surface area contributed by atoms with Crippen LogP contribution in [0.1, 0.15) is 47.2 Å². The summed E-state index contributed by atoms with van der Waals surface area (Å²) in [6.07, 6.45) is 5.03. The molecule has 0 bridgehead atoms. The summed E-state index contributed by atoms with van der Waals surface area (Å²) in [7, 11) is 1.76. The molecule has 150 valence electrons. The Hall–Kier alpha value is -2.72. The molecular weight excluding hydrogens is 358 g/mol. The molecule has 0 radical (unpaired) electrons. The molecule has 1 atom stereocenters. The Morgan fingerprint density at radius 1 is 1.10 bits per heavy atom. The normalized spacial score (nSPS) is 12.8. The van der Waals surface area contributed by atoms with Crippen LogP contribution in [0.4, 0.5) is 0 Å². The molecule has 1 N–H and O–H groups in total. The molecule has 0 aliphatic heterocycles. The third kappa shape index (κ3) is 3.22. The maximum atomic E-state index is 5.52. The van der Waals surface area contributed by atoms with E-state index in [2.05, 4.69) is 57.8 Å². The van der Waals surface area contributed by atoms with Gasteiger partial charge in [0.2, 0.25) is 0 Å². The average Bonchev–Trinajstić information content (AvgIpc) is 3.16. The summed E-state index contributed by atoms with van der Waals surface area (Å²) in [6, 6.07) is 6.56. The molecule has 0 saturated heterocycles. The van der Waals surface area contributed by atoms with E-state index in [0.29, 0.717) is 6.61 Å². The topological polar surface area (TPSA) is 50.8 Å². The van der Waals surface area contributed by atoms with E-state index in [0.717, 1.165) is 28.8 Å². The molecule has 0 fully saturated rings. The lowest BCUT2D eigenvalue weighted by molar-refractivity contribution is 0.178. The van der Waals surface area contributed by atoms with E-state index in [4.69, 9.17) is 14.7 Å². The molecule has 0 aliphatic carbocycles. The third-order valence-corrected chi connectivity index (χ3v) is 5.96. The van der Waals surface area contributed by atoms with Gasteiger partial charge in [0, 0.05) is 47.5 Å². The van der Waals surface area contributed by atoms with Crippen molar-refractivity contribution in [2.24, 2.45) is 0 Å². The van der Waals surface area contributed by atoms with E-state index in [1.807, 2.05) is 12.4 Å². The number of aromatic amines is 1. The van der Waals surface area contributed by atoms with Crippen LogP contribution in [0.2, 0.25) is 0 Å². The molecule has 0 amide bonds. The lowest BCUT2D eigenvalue weighted by Gasteiger charge is -2.20. The number of pyridine rings is 2. The Kier molecular flexibility index (Phi) is 5.13. The molecule has 1 unspecified atom stereocenters. The number of fused-ring (bicyclic) bond motifs is 3. The highest BCUT2D eigenvalue weighted by atomic mass is 16.5. The van der Waals surface area contributed by atoms with Crippen LogP contribution in [0.5, 0.6) is 0 Å². The monoisotopic (exact) mass is 387 g/mol. The smallest absolute Gasteiger partial charge is 0.0992 e. The zero-order chi connectivity index (χ0) is 20.7. The van der Waals surface area contributed by atoms with Crippen LogP contribution < -0.4 is 0 Å². The Balaban J connectivity index is 2.13. The van der Waals surface area contributed by atoms with Gasteiger partial charge in [-0.15, -0.1) is 0 Å². The van der Waals surface area contributed by atoms with Crippen molar-refractivity contribution in [2.75, 3.05) is 13.7 Å². The number of methoxy groups -OCH3 is 1. The van der Waals surface area contributed by atoms with E-state index in [9.17, 15) is 0 Å². The van der Waals surface area contributed by atoms with Gasteiger partial charge in [-0.3, -0.25) is 9.97 Å². The van der Waals surface area contributed by atoms with Gasteiger partial charge in [0.15, 0.2) is 0 Å². The fourth-order valence-corrected chi connectivity index (χ4v) is 4.67. The van der Waals surface area contributed by atoms with E-state index in [1.165, 1.54) is 38.6 Å². The Bertz CT molecular complexity index is 1180. The number of nitrogens with zero attached hydrogens (tertiary/aromatic N) is 2. The molecule has 3 aromatic heterocycles. The van der Waals surface area contributed by atoms with Gasteiger partial charge in [-0.25, -0.2) is 0 Å². The fraction of sp³-hybridized carbons (Fsp3) is 0.360. The molecule has 0 saturated carbocycles. The van der Waals surface area contributed by atoms with E-state index in [-0.39, 0.29) is 5.92 Å².